The zero-order valence-electron chi connectivity index (χ0n) is 11.0. The maximum atomic E-state index is 6.03. The number of imidazole rings is 1. The summed E-state index contributed by atoms with van der Waals surface area (Å²) >= 11 is 12.0. The molecule has 0 aliphatic rings. The number of hydroxylamine groups is 1. The molecule has 0 bridgehead atoms. The van der Waals surface area contributed by atoms with Gasteiger partial charge >= 0.3 is 0 Å². The van der Waals surface area contributed by atoms with Crippen LogP contribution in [-0.4, -0.2) is 16.7 Å². The number of rotatable bonds is 6. The second-order valence-electron chi connectivity index (χ2n) is 4.14. The van der Waals surface area contributed by atoms with Crippen molar-refractivity contribution in [1.29, 1.82) is 0 Å². The largest absolute Gasteiger partial charge is 0.337 e. The summed E-state index contributed by atoms with van der Waals surface area (Å²) in [6.45, 7) is 0.843. The maximum absolute atomic E-state index is 6.03. The van der Waals surface area contributed by atoms with Crippen molar-refractivity contribution in [2.24, 2.45) is 0 Å². The van der Waals surface area contributed by atoms with E-state index in [9.17, 15) is 0 Å². The van der Waals surface area contributed by atoms with Crippen molar-refractivity contribution in [3.63, 3.8) is 0 Å². The number of hydrogen-bond donors (Lipinski definition) is 1. The lowest BCUT2D eigenvalue weighted by atomic mass is 10.1. The van der Waals surface area contributed by atoms with Crippen LogP contribution in [0, 0.1) is 0 Å². The summed E-state index contributed by atoms with van der Waals surface area (Å²) in [4.78, 5) is 9.01. The van der Waals surface area contributed by atoms with Gasteiger partial charge in [-0.3, -0.25) is 10.3 Å². The van der Waals surface area contributed by atoms with Gasteiger partial charge in [0.15, 0.2) is 0 Å². The molecule has 4 nitrogen and oxygen atoms in total. The fourth-order valence-corrected chi connectivity index (χ4v) is 2.07. The van der Waals surface area contributed by atoms with Gasteiger partial charge in [-0.15, -0.1) is 0 Å². The van der Waals surface area contributed by atoms with E-state index in [4.69, 9.17) is 28.0 Å². The molecule has 1 heterocycles. The highest BCUT2D eigenvalue weighted by Gasteiger charge is 2.04. The maximum Gasteiger partial charge on any atom is 0.0946 e. The van der Waals surface area contributed by atoms with Gasteiger partial charge in [0.05, 0.1) is 29.2 Å². The lowest BCUT2D eigenvalue weighted by molar-refractivity contribution is 0.136. The highest BCUT2D eigenvalue weighted by Crippen LogP contribution is 2.25. The molecule has 0 spiro atoms. The zero-order chi connectivity index (χ0) is 14.4. The van der Waals surface area contributed by atoms with Crippen LogP contribution in [0.2, 0.25) is 10.0 Å². The average Bonchev–Trinajstić information content (AvgIpc) is 2.94. The molecular formula is C14H15Cl2N3O. The molecule has 1 N–H and O–H groups in total. The van der Waals surface area contributed by atoms with E-state index in [1.807, 2.05) is 22.9 Å². The van der Waals surface area contributed by atoms with Crippen LogP contribution in [0.25, 0.3) is 5.70 Å². The molecule has 0 fully saturated rings. The van der Waals surface area contributed by atoms with Crippen molar-refractivity contribution < 1.29 is 4.84 Å². The van der Waals surface area contributed by atoms with Crippen LogP contribution in [0.15, 0.2) is 43.0 Å². The Morgan fingerprint density at radius 3 is 2.90 bits per heavy atom. The van der Waals surface area contributed by atoms with Crippen LogP contribution in [0.5, 0.6) is 0 Å². The van der Waals surface area contributed by atoms with Gasteiger partial charge in [-0.2, -0.15) is 0 Å². The number of benzene rings is 1. The van der Waals surface area contributed by atoms with E-state index in [0.717, 1.165) is 24.2 Å². The smallest absolute Gasteiger partial charge is 0.0946 e. The van der Waals surface area contributed by atoms with Crippen molar-refractivity contribution in [3.05, 3.63) is 58.6 Å². The highest BCUT2D eigenvalue weighted by atomic mass is 35.5. The van der Waals surface area contributed by atoms with E-state index >= 15 is 0 Å². The molecule has 0 saturated heterocycles. The minimum absolute atomic E-state index is 0.516. The molecular weight excluding hydrogens is 297 g/mol. The molecule has 0 saturated carbocycles. The number of nitrogens with zero attached hydrogens (tertiary/aromatic N) is 2. The summed E-state index contributed by atoms with van der Waals surface area (Å²) in [5, 5.41) is 1.05. The Labute approximate surface area is 127 Å². The van der Waals surface area contributed by atoms with Gasteiger partial charge in [0.2, 0.25) is 0 Å². The molecule has 0 aliphatic carbocycles. The minimum atomic E-state index is 0.516. The van der Waals surface area contributed by atoms with Crippen molar-refractivity contribution >= 4 is 28.9 Å². The minimum Gasteiger partial charge on any atom is -0.337 e. The summed E-state index contributed by atoms with van der Waals surface area (Å²) in [6.07, 6.45) is 8.36. The molecule has 0 unspecified atom stereocenters. The van der Waals surface area contributed by atoms with Crippen LogP contribution in [0.4, 0.5) is 0 Å². The number of hydrogen-bond acceptors (Lipinski definition) is 3. The molecule has 106 valence electrons. The molecule has 0 amide bonds. The van der Waals surface area contributed by atoms with Gasteiger partial charge in [-0.25, -0.2) is 4.98 Å². The van der Waals surface area contributed by atoms with Crippen LogP contribution >= 0.6 is 23.2 Å². The summed E-state index contributed by atoms with van der Waals surface area (Å²) in [5.74, 6) is 0. The van der Waals surface area contributed by atoms with E-state index in [1.165, 1.54) is 0 Å². The first-order chi connectivity index (χ1) is 9.70. The average molecular weight is 312 g/mol. The van der Waals surface area contributed by atoms with Gasteiger partial charge in [0.1, 0.15) is 0 Å². The number of aromatic nitrogens is 2. The first-order valence-electron chi connectivity index (χ1n) is 6.11. The predicted octanol–water partition coefficient (Wildman–Crippen LogP) is 3.77. The highest BCUT2D eigenvalue weighted by molar-refractivity contribution is 6.42. The first-order valence-corrected chi connectivity index (χ1v) is 6.86. The molecule has 0 aliphatic heterocycles. The van der Waals surface area contributed by atoms with E-state index in [2.05, 4.69) is 10.5 Å². The van der Waals surface area contributed by atoms with Crippen molar-refractivity contribution in [2.45, 2.75) is 13.0 Å². The van der Waals surface area contributed by atoms with E-state index in [0.29, 0.717) is 10.0 Å². The molecule has 0 radical (unpaired) electrons. The molecule has 2 aromatic rings. The van der Waals surface area contributed by atoms with Gasteiger partial charge in [-0.1, -0.05) is 35.3 Å². The summed E-state index contributed by atoms with van der Waals surface area (Å²) in [5.41, 5.74) is 4.64. The van der Waals surface area contributed by atoms with Gasteiger partial charge in [-0.05, 0) is 18.6 Å². The number of allylic oxidation sites excluding steroid dienone is 1. The Hall–Kier alpha value is -1.49. The molecule has 1 aromatic heterocycles. The van der Waals surface area contributed by atoms with Gasteiger partial charge in [0.25, 0.3) is 0 Å². The summed E-state index contributed by atoms with van der Waals surface area (Å²) in [7, 11) is 1.57. The summed E-state index contributed by atoms with van der Waals surface area (Å²) in [6, 6.07) is 5.46. The van der Waals surface area contributed by atoms with E-state index < -0.39 is 0 Å². The monoisotopic (exact) mass is 311 g/mol. The lowest BCUT2D eigenvalue weighted by Gasteiger charge is -2.10. The number of halogens is 2. The standard InChI is InChI=1S/C14H15Cl2N3O/c1-20-18-14(3-2-7-19-8-6-17-10-19)11-4-5-12(15)13(16)9-11/h3-6,8-10,18H,2,7H2,1H3/b14-3-. The van der Waals surface area contributed by atoms with Crippen molar-refractivity contribution in [3.8, 4) is 0 Å². The molecule has 20 heavy (non-hydrogen) atoms. The van der Waals surface area contributed by atoms with Gasteiger partial charge in [0, 0.05) is 24.5 Å². The fraction of sp³-hybridized carbons (Fsp3) is 0.214. The van der Waals surface area contributed by atoms with Crippen LogP contribution < -0.4 is 5.48 Å². The molecule has 2 rings (SSSR count). The zero-order valence-corrected chi connectivity index (χ0v) is 12.5. The van der Waals surface area contributed by atoms with Crippen LogP contribution in [0.1, 0.15) is 12.0 Å². The Morgan fingerprint density at radius 1 is 1.40 bits per heavy atom. The van der Waals surface area contributed by atoms with Crippen molar-refractivity contribution in [2.75, 3.05) is 7.11 Å². The first kappa shape index (κ1) is 14.9. The third kappa shape index (κ3) is 4.00. The third-order valence-electron chi connectivity index (χ3n) is 2.74. The van der Waals surface area contributed by atoms with E-state index in [1.54, 1.807) is 31.8 Å². The predicted molar refractivity (Wildman–Crippen MR) is 81.4 cm³/mol. The molecule has 1 aromatic carbocycles. The van der Waals surface area contributed by atoms with E-state index in [-0.39, 0.29) is 0 Å². The topological polar surface area (TPSA) is 39.1 Å². The third-order valence-corrected chi connectivity index (χ3v) is 3.48. The van der Waals surface area contributed by atoms with Gasteiger partial charge < -0.3 is 4.57 Å². The molecule has 0 atom stereocenters. The normalized spacial score (nSPS) is 11.7. The fourth-order valence-electron chi connectivity index (χ4n) is 1.77. The SMILES string of the molecule is CON/C(=C\CCn1ccnc1)c1ccc(Cl)c(Cl)c1. The number of aryl methyl sites for hydroxylation is 1. The second kappa shape index (κ2) is 7.33. The summed E-state index contributed by atoms with van der Waals surface area (Å²) < 4.78 is 2.01. The Morgan fingerprint density at radius 2 is 2.25 bits per heavy atom. The Bertz CT molecular complexity index is 582. The number of nitrogens with one attached hydrogen (secondary N) is 1. The Kier molecular flexibility index (Phi) is 5.47. The molecule has 6 heteroatoms. The lowest BCUT2D eigenvalue weighted by Crippen LogP contribution is -2.10. The quantitative estimate of drug-likeness (QED) is 0.825. The van der Waals surface area contributed by atoms with Crippen molar-refractivity contribution in [1.82, 2.24) is 15.0 Å². The Balaban J connectivity index is 2.10. The van der Waals surface area contributed by atoms with Crippen LogP contribution in [-0.2, 0) is 11.4 Å². The van der Waals surface area contributed by atoms with Crippen LogP contribution in [0.3, 0.4) is 0 Å². The second-order valence-corrected chi connectivity index (χ2v) is 4.96.